The van der Waals surface area contributed by atoms with Crippen LogP contribution in [0, 0.1) is 0 Å². The van der Waals surface area contributed by atoms with E-state index >= 15 is 0 Å². The first-order valence-electron chi connectivity index (χ1n) is 8.93. The van der Waals surface area contributed by atoms with Crippen molar-refractivity contribution in [3.63, 3.8) is 0 Å². The van der Waals surface area contributed by atoms with Crippen LogP contribution >= 0.6 is 0 Å². The zero-order valence-electron chi connectivity index (χ0n) is 14.9. The summed E-state index contributed by atoms with van der Waals surface area (Å²) in [6.45, 7) is 7.10. The van der Waals surface area contributed by atoms with Crippen LogP contribution in [0.4, 0.5) is 5.69 Å². The first kappa shape index (κ1) is 17.0. The highest BCUT2D eigenvalue weighted by Gasteiger charge is 2.40. The lowest BCUT2D eigenvalue weighted by atomic mass is 9.97. The molecule has 0 aliphatic carbocycles. The molecule has 25 heavy (non-hydrogen) atoms. The molecule has 0 saturated carbocycles. The van der Waals surface area contributed by atoms with Crippen molar-refractivity contribution in [2.75, 3.05) is 24.5 Å². The van der Waals surface area contributed by atoms with Crippen LogP contribution in [0.1, 0.15) is 44.2 Å². The van der Waals surface area contributed by atoms with Crippen LogP contribution in [0.15, 0.2) is 17.0 Å². The zero-order chi connectivity index (χ0) is 17.9. The first-order valence-corrected chi connectivity index (χ1v) is 10.4. The summed E-state index contributed by atoms with van der Waals surface area (Å²) in [5.41, 5.74) is 2.79. The molecule has 136 valence electrons. The number of hydrogen-bond donors (Lipinski definition) is 0. The second-order valence-corrected chi connectivity index (χ2v) is 9.35. The third kappa shape index (κ3) is 2.60. The Bertz CT molecular complexity index is 826. The molecule has 0 spiro atoms. The Morgan fingerprint density at radius 3 is 2.48 bits per heavy atom. The Hall–Kier alpha value is -1.44. The quantitative estimate of drug-likeness (QED) is 0.804. The van der Waals surface area contributed by atoms with Crippen molar-refractivity contribution in [2.24, 2.45) is 0 Å². The minimum atomic E-state index is -3.59. The van der Waals surface area contributed by atoms with E-state index < -0.39 is 10.0 Å². The molecule has 3 aliphatic heterocycles. The number of sulfonamides is 1. The predicted octanol–water partition coefficient (Wildman–Crippen LogP) is 1.88. The molecule has 4 rings (SSSR count). The van der Waals surface area contributed by atoms with E-state index in [1.165, 1.54) is 4.31 Å². The van der Waals surface area contributed by atoms with Gasteiger partial charge in [0.2, 0.25) is 15.9 Å². The molecule has 6 nitrogen and oxygen atoms in total. The van der Waals surface area contributed by atoms with E-state index in [-0.39, 0.29) is 24.0 Å². The summed E-state index contributed by atoms with van der Waals surface area (Å²) in [7, 11) is -3.59. The smallest absolute Gasteiger partial charge is 0.243 e. The number of amides is 1. The summed E-state index contributed by atoms with van der Waals surface area (Å²) in [5.74, 6) is -0.191. The first-order chi connectivity index (χ1) is 11.8. The Morgan fingerprint density at radius 1 is 1.12 bits per heavy atom. The summed E-state index contributed by atoms with van der Waals surface area (Å²) in [6, 6.07) is 3.49. The highest BCUT2D eigenvalue weighted by Crippen LogP contribution is 2.44. The van der Waals surface area contributed by atoms with Gasteiger partial charge in [0.1, 0.15) is 0 Å². The number of aryl methyl sites for hydroxylation is 1. The number of ether oxygens (including phenoxy) is 1. The molecule has 3 unspecified atom stereocenters. The maximum Gasteiger partial charge on any atom is 0.243 e. The lowest BCUT2D eigenvalue weighted by Gasteiger charge is -2.34. The summed E-state index contributed by atoms with van der Waals surface area (Å²) in [6.07, 6.45) is 1.45. The summed E-state index contributed by atoms with van der Waals surface area (Å²) >= 11 is 0. The van der Waals surface area contributed by atoms with Crippen LogP contribution < -0.4 is 4.90 Å². The zero-order valence-corrected chi connectivity index (χ0v) is 15.7. The number of morpholine rings is 1. The van der Waals surface area contributed by atoms with E-state index in [9.17, 15) is 13.2 Å². The maximum absolute atomic E-state index is 13.2. The maximum atomic E-state index is 13.2. The third-order valence-electron chi connectivity index (χ3n) is 5.42. The van der Waals surface area contributed by atoms with Crippen molar-refractivity contribution in [3.8, 4) is 0 Å². The normalized spacial score (nSPS) is 29.8. The number of carbonyl (C=O) groups excluding carboxylic acids is 1. The van der Waals surface area contributed by atoms with Crippen molar-refractivity contribution in [2.45, 2.75) is 56.6 Å². The van der Waals surface area contributed by atoms with E-state index in [2.05, 4.69) is 0 Å². The van der Waals surface area contributed by atoms with Crippen LogP contribution in [0.2, 0.25) is 0 Å². The van der Waals surface area contributed by atoms with Crippen molar-refractivity contribution < 1.29 is 17.9 Å². The molecule has 1 aromatic carbocycles. The predicted molar refractivity (Wildman–Crippen MR) is 94.3 cm³/mol. The standard InChI is InChI=1S/C18H24N2O4S/c1-11-9-19(10-12(2)24-11)25(22,23)15-7-14-5-4-6-20-17(14)16(8-15)13(3)18(20)21/h7-8,11-13H,4-6,9-10H2,1-3H3. The fraction of sp³-hybridized carbons (Fsp3) is 0.611. The van der Waals surface area contributed by atoms with E-state index in [0.717, 1.165) is 36.2 Å². The number of hydrogen-bond acceptors (Lipinski definition) is 4. The molecule has 1 fully saturated rings. The van der Waals surface area contributed by atoms with Gasteiger partial charge in [-0.1, -0.05) is 0 Å². The third-order valence-corrected chi connectivity index (χ3v) is 7.23. The monoisotopic (exact) mass is 364 g/mol. The van der Waals surface area contributed by atoms with Crippen LogP contribution in [0.3, 0.4) is 0 Å². The molecular formula is C18H24N2O4S. The van der Waals surface area contributed by atoms with Gasteiger partial charge in [0, 0.05) is 19.6 Å². The van der Waals surface area contributed by atoms with E-state index in [1.54, 1.807) is 12.1 Å². The van der Waals surface area contributed by atoms with E-state index in [4.69, 9.17) is 4.74 Å². The van der Waals surface area contributed by atoms with Gasteiger partial charge < -0.3 is 9.64 Å². The summed E-state index contributed by atoms with van der Waals surface area (Å²) in [4.78, 5) is 14.6. The highest BCUT2D eigenvalue weighted by atomic mass is 32.2. The number of benzene rings is 1. The largest absolute Gasteiger partial charge is 0.373 e. The van der Waals surface area contributed by atoms with Gasteiger partial charge in [-0.3, -0.25) is 4.79 Å². The summed E-state index contributed by atoms with van der Waals surface area (Å²) in [5, 5.41) is 0. The molecule has 0 aromatic heterocycles. The van der Waals surface area contributed by atoms with Crippen LogP contribution in [-0.4, -0.2) is 50.5 Å². The van der Waals surface area contributed by atoms with E-state index in [0.29, 0.717) is 18.0 Å². The number of anilines is 1. The summed E-state index contributed by atoms with van der Waals surface area (Å²) < 4.78 is 33.6. The van der Waals surface area contributed by atoms with Crippen molar-refractivity contribution >= 4 is 21.6 Å². The van der Waals surface area contributed by atoms with E-state index in [1.807, 2.05) is 25.7 Å². The van der Waals surface area contributed by atoms with Gasteiger partial charge in [0.05, 0.1) is 28.7 Å². The Balaban J connectivity index is 1.78. The molecule has 0 bridgehead atoms. The van der Waals surface area contributed by atoms with Crippen LogP contribution in [0.5, 0.6) is 0 Å². The fourth-order valence-corrected chi connectivity index (χ4v) is 5.97. The van der Waals surface area contributed by atoms with Crippen molar-refractivity contribution in [3.05, 3.63) is 23.3 Å². The number of rotatable bonds is 2. The Morgan fingerprint density at radius 2 is 1.80 bits per heavy atom. The molecule has 1 aromatic rings. The van der Waals surface area contributed by atoms with Gasteiger partial charge in [-0.25, -0.2) is 8.42 Å². The molecule has 3 aliphatic rings. The average molecular weight is 364 g/mol. The second kappa shape index (κ2) is 5.79. The molecule has 0 radical (unpaired) electrons. The topological polar surface area (TPSA) is 66.9 Å². The number of nitrogens with zero attached hydrogens (tertiary/aromatic N) is 2. The van der Waals surface area contributed by atoms with Crippen molar-refractivity contribution in [1.82, 2.24) is 4.31 Å². The average Bonchev–Trinajstić information content (AvgIpc) is 2.81. The van der Waals surface area contributed by atoms with Gasteiger partial charge in [0.25, 0.3) is 0 Å². The van der Waals surface area contributed by atoms with Gasteiger partial charge in [0.15, 0.2) is 0 Å². The molecule has 3 atom stereocenters. The molecule has 7 heteroatoms. The van der Waals surface area contributed by atoms with Gasteiger partial charge in [-0.15, -0.1) is 0 Å². The van der Waals surface area contributed by atoms with Gasteiger partial charge >= 0.3 is 0 Å². The minimum Gasteiger partial charge on any atom is -0.373 e. The van der Waals surface area contributed by atoms with Crippen LogP contribution in [0.25, 0.3) is 0 Å². The molecule has 0 N–H and O–H groups in total. The van der Waals surface area contributed by atoms with Crippen molar-refractivity contribution in [1.29, 1.82) is 0 Å². The lowest BCUT2D eigenvalue weighted by molar-refractivity contribution is -0.119. The molecule has 1 amide bonds. The van der Waals surface area contributed by atoms with Gasteiger partial charge in [-0.2, -0.15) is 4.31 Å². The fourth-order valence-electron chi connectivity index (χ4n) is 4.29. The Kier molecular flexibility index (Phi) is 3.94. The minimum absolute atomic E-state index is 0.0825. The number of carbonyl (C=O) groups is 1. The SMILES string of the molecule is CC1CN(S(=O)(=O)c2cc3c4c(c2)C(C)C(=O)N4CCC3)CC(C)O1. The highest BCUT2D eigenvalue weighted by molar-refractivity contribution is 7.89. The lowest BCUT2D eigenvalue weighted by Crippen LogP contribution is -2.48. The Labute approximate surface area is 148 Å². The molecular weight excluding hydrogens is 340 g/mol. The molecule has 3 heterocycles. The van der Waals surface area contributed by atoms with Gasteiger partial charge in [-0.05, 0) is 56.9 Å². The van der Waals surface area contributed by atoms with Crippen LogP contribution in [-0.2, 0) is 26.0 Å². The second-order valence-electron chi connectivity index (χ2n) is 7.41. The molecule has 1 saturated heterocycles.